The van der Waals surface area contributed by atoms with Crippen molar-refractivity contribution in [1.82, 2.24) is 4.98 Å². The Morgan fingerprint density at radius 2 is 1.82 bits per heavy atom. The molecule has 0 bridgehead atoms. The van der Waals surface area contributed by atoms with E-state index in [9.17, 15) is 5.11 Å². The van der Waals surface area contributed by atoms with Gasteiger partial charge in [-0.25, -0.2) is 4.98 Å². The monoisotopic (exact) mass is 489 g/mol. The van der Waals surface area contributed by atoms with Gasteiger partial charge in [-0.15, -0.1) is 0 Å². The van der Waals surface area contributed by atoms with Crippen LogP contribution in [0.4, 0.5) is 0 Å². The number of ether oxygens (including phenoxy) is 2. The molecule has 0 aliphatic heterocycles. The highest BCUT2D eigenvalue weighted by Gasteiger charge is 2.37. The highest BCUT2D eigenvalue weighted by molar-refractivity contribution is 6.74. The third-order valence-corrected chi connectivity index (χ3v) is 11.7. The maximum absolute atomic E-state index is 10.4. The summed E-state index contributed by atoms with van der Waals surface area (Å²) < 4.78 is 24.3. The van der Waals surface area contributed by atoms with E-state index in [0.29, 0.717) is 25.7 Å². The molecule has 1 aliphatic rings. The summed E-state index contributed by atoms with van der Waals surface area (Å²) >= 11 is 0. The number of hydrogen-bond acceptors (Lipinski definition) is 6. The minimum absolute atomic E-state index is 0.0996. The highest BCUT2D eigenvalue weighted by Crippen LogP contribution is 2.36. The molecule has 0 saturated heterocycles. The fraction of sp³-hybridized carbons (Fsp3) is 0.667. The summed E-state index contributed by atoms with van der Waals surface area (Å²) in [6.07, 6.45) is 3.51. The lowest BCUT2D eigenvalue weighted by molar-refractivity contribution is -0.0756. The first-order valence-electron chi connectivity index (χ1n) is 12.5. The predicted octanol–water partition coefficient (Wildman–Crippen LogP) is 6.19. The zero-order valence-corrected chi connectivity index (χ0v) is 23.0. The molecule has 1 N–H and O–H groups in total. The lowest BCUT2D eigenvalue weighted by Gasteiger charge is -2.37. The van der Waals surface area contributed by atoms with E-state index in [2.05, 4.69) is 57.9 Å². The zero-order valence-electron chi connectivity index (χ0n) is 22.0. The molecule has 1 heterocycles. The number of aryl methyl sites for hydroxylation is 2. The van der Waals surface area contributed by atoms with E-state index in [1.807, 2.05) is 19.1 Å². The molecule has 3 atom stereocenters. The molecule has 0 radical (unpaired) electrons. The second kappa shape index (κ2) is 11.5. The van der Waals surface area contributed by atoms with Gasteiger partial charge >= 0.3 is 0 Å². The minimum Gasteiger partial charge on any atom is -0.441 e. The second-order valence-corrected chi connectivity index (χ2v) is 16.0. The number of benzene rings is 1. The molecule has 0 spiro atoms. The van der Waals surface area contributed by atoms with Gasteiger partial charge < -0.3 is 23.4 Å². The van der Waals surface area contributed by atoms with Gasteiger partial charge in [-0.2, -0.15) is 0 Å². The summed E-state index contributed by atoms with van der Waals surface area (Å²) in [4.78, 5) is 4.67. The van der Waals surface area contributed by atoms with Crippen LogP contribution in [0.1, 0.15) is 63.5 Å². The van der Waals surface area contributed by atoms with Crippen LogP contribution in [0, 0.1) is 13.8 Å². The van der Waals surface area contributed by atoms with Crippen LogP contribution >= 0.6 is 0 Å². The molecule has 34 heavy (non-hydrogen) atoms. The Balaban J connectivity index is 1.44. The van der Waals surface area contributed by atoms with E-state index in [1.54, 1.807) is 0 Å². The number of rotatable bonds is 10. The third-order valence-electron chi connectivity index (χ3n) is 7.16. The molecular formula is C27H43NO5Si. The van der Waals surface area contributed by atoms with Gasteiger partial charge in [0.2, 0.25) is 5.89 Å². The van der Waals surface area contributed by atoms with Crippen LogP contribution in [-0.4, -0.2) is 49.9 Å². The predicted molar refractivity (Wildman–Crippen MR) is 137 cm³/mol. The lowest BCUT2D eigenvalue weighted by atomic mass is 9.95. The van der Waals surface area contributed by atoms with E-state index in [1.165, 1.54) is 5.56 Å². The van der Waals surface area contributed by atoms with Crippen molar-refractivity contribution < 1.29 is 23.4 Å². The van der Waals surface area contributed by atoms with Crippen molar-refractivity contribution in [3.8, 4) is 11.5 Å². The van der Waals surface area contributed by atoms with Crippen LogP contribution in [0.2, 0.25) is 18.1 Å². The molecule has 1 fully saturated rings. The van der Waals surface area contributed by atoms with Gasteiger partial charge in [-0.05, 0) is 69.8 Å². The number of nitrogens with zero attached hydrogens (tertiary/aromatic N) is 1. The number of aliphatic hydroxyl groups is 1. The molecule has 0 unspecified atom stereocenters. The maximum atomic E-state index is 10.4. The Morgan fingerprint density at radius 1 is 1.12 bits per heavy atom. The first kappa shape index (κ1) is 27.1. The summed E-state index contributed by atoms with van der Waals surface area (Å²) in [6.45, 7) is 16.1. The maximum Gasteiger partial charge on any atom is 0.226 e. The first-order valence-corrected chi connectivity index (χ1v) is 15.4. The quantitative estimate of drug-likeness (QED) is 0.401. The number of aromatic nitrogens is 1. The van der Waals surface area contributed by atoms with Crippen molar-refractivity contribution in [1.29, 1.82) is 0 Å². The average Bonchev–Trinajstić information content (AvgIpc) is 3.15. The van der Waals surface area contributed by atoms with Gasteiger partial charge in [0.05, 0.1) is 38.1 Å². The molecule has 1 aromatic carbocycles. The Labute approximate surface area is 206 Å². The van der Waals surface area contributed by atoms with Gasteiger partial charge in [0, 0.05) is 5.56 Å². The summed E-state index contributed by atoms with van der Waals surface area (Å²) in [7, 11) is -1.87. The molecule has 1 aliphatic carbocycles. The smallest absolute Gasteiger partial charge is 0.226 e. The molecule has 1 saturated carbocycles. The summed E-state index contributed by atoms with van der Waals surface area (Å²) in [6, 6.07) is 8.16. The molecule has 2 aromatic rings. The molecular weight excluding hydrogens is 446 g/mol. The normalized spacial score (nSPS) is 20.5. The van der Waals surface area contributed by atoms with Crippen LogP contribution in [0.25, 0.3) is 11.5 Å². The molecule has 0 amide bonds. The minimum atomic E-state index is -1.87. The molecule has 7 heteroatoms. The summed E-state index contributed by atoms with van der Waals surface area (Å²) in [5.41, 5.74) is 3.00. The van der Waals surface area contributed by atoms with Crippen LogP contribution in [0.5, 0.6) is 0 Å². The second-order valence-electron chi connectivity index (χ2n) is 11.2. The third kappa shape index (κ3) is 7.49. The van der Waals surface area contributed by atoms with Crippen molar-refractivity contribution in [2.45, 2.75) is 103 Å². The number of hydrogen-bond donors (Lipinski definition) is 1. The highest BCUT2D eigenvalue weighted by atomic mass is 28.4. The number of oxazole rings is 1. The van der Waals surface area contributed by atoms with Crippen molar-refractivity contribution in [3.05, 3.63) is 41.3 Å². The van der Waals surface area contributed by atoms with Gasteiger partial charge in [0.25, 0.3) is 0 Å². The van der Waals surface area contributed by atoms with Crippen LogP contribution in [-0.2, 0) is 20.5 Å². The van der Waals surface area contributed by atoms with Crippen molar-refractivity contribution in [2.75, 3.05) is 13.2 Å². The Bertz CT molecular complexity index is 920. The van der Waals surface area contributed by atoms with E-state index in [-0.39, 0.29) is 17.2 Å². The van der Waals surface area contributed by atoms with Crippen LogP contribution in [0.3, 0.4) is 0 Å². The van der Waals surface area contributed by atoms with Gasteiger partial charge in [0.1, 0.15) is 11.5 Å². The van der Waals surface area contributed by atoms with Crippen molar-refractivity contribution >= 4 is 8.32 Å². The molecule has 1 aromatic heterocycles. The lowest BCUT2D eigenvalue weighted by Crippen LogP contribution is -2.43. The van der Waals surface area contributed by atoms with Crippen molar-refractivity contribution in [2.24, 2.45) is 0 Å². The van der Waals surface area contributed by atoms with Gasteiger partial charge in [-0.3, -0.25) is 0 Å². The Hall–Kier alpha value is -1.51. The van der Waals surface area contributed by atoms with Crippen LogP contribution in [0.15, 0.2) is 28.7 Å². The first-order chi connectivity index (χ1) is 15.9. The fourth-order valence-corrected chi connectivity index (χ4v) is 4.92. The van der Waals surface area contributed by atoms with E-state index in [4.69, 9.17) is 18.3 Å². The molecule has 190 valence electrons. The topological polar surface area (TPSA) is 74.0 Å². The van der Waals surface area contributed by atoms with Crippen LogP contribution < -0.4 is 0 Å². The van der Waals surface area contributed by atoms with Crippen molar-refractivity contribution in [3.63, 3.8) is 0 Å². The summed E-state index contributed by atoms with van der Waals surface area (Å²) in [5, 5.41) is 10.5. The largest absolute Gasteiger partial charge is 0.441 e. The SMILES string of the molecule is Cc1cccc(-c2nc(CO[C@H]3CCC[C@@H](OC[C@H](O)CO[Si](C)(C)C(C)(C)C)C3)c(C)o2)c1. The Kier molecular flexibility index (Phi) is 9.14. The number of aliphatic hydroxyl groups excluding tert-OH is 1. The van der Waals surface area contributed by atoms with E-state index in [0.717, 1.165) is 42.7 Å². The fourth-order valence-electron chi connectivity index (χ4n) is 3.88. The molecule has 3 rings (SSSR count). The van der Waals surface area contributed by atoms with E-state index < -0.39 is 14.4 Å². The zero-order chi connectivity index (χ0) is 24.9. The van der Waals surface area contributed by atoms with Gasteiger partial charge in [0.15, 0.2) is 8.32 Å². The standard InChI is InChI=1S/C27H43NO5Si/c1-19-10-8-11-21(14-19)26-28-25(20(2)33-26)18-31-24-13-9-12-23(15-24)30-16-22(29)17-32-34(6,7)27(3,4)5/h8,10-11,14,22-24,29H,9,12-13,15-18H2,1-7H3/t22-,23+,24-/m0/s1. The van der Waals surface area contributed by atoms with Gasteiger partial charge in [-0.1, -0.05) is 38.5 Å². The van der Waals surface area contributed by atoms with E-state index >= 15 is 0 Å². The summed E-state index contributed by atoms with van der Waals surface area (Å²) in [5.74, 6) is 1.43. The Morgan fingerprint density at radius 3 is 2.50 bits per heavy atom. The molecule has 6 nitrogen and oxygen atoms in total. The average molecular weight is 490 g/mol.